The fourth-order valence-corrected chi connectivity index (χ4v) is 2.89. The maximum absolute atomic E-state index is 13.5. The number of fused-ring (bicyclic) bond motifs is 1. The number of aromatic nitrogens is 2. The molecule has 20 heavy (non-hydrogen) atoms. The fraction of sp³-hybridized carbons (Fsp3) is 0.0769. The number of ether oxygens (including phenoxy) is 1. The van der Waals surface area contributed by atoms with E-state index in [2.05, 4.69) is 25.9 Å². The summed E-state index contributed by atoms with van der Waals surface area (Å²) in [5, 5.41) is 0.769. The Morgan fingerprint density at radius 2 is 2.10 bits per heavy atom. The van der Waals surface area contributed by atoms with Gasteiger partial charge < -0.3 is 10.5 Å². The molecule has 0 spiro atoms. The first-order chi connectivity index (χ1) is 9.52. The first-order valence-corrected chi connectivity index (χ1v) is 7.30. The van der Waals surface area contributed by atoms with E-state index in [-0.39, 0.29) is 5.95 Å². The quantitative estimate of drug-likeness (QED) is 0.746. The third kappa shape index (κ3) is 2.46. The molecule has 2 aromatic heterocycles. The molecule has 0 fully saturated rings. The maximum atomic E-state index is 13.5. The van der Waals surface area contributed by atoms with Gasteiger partial charge in [-0.05, 0) is 41.1 Å². The molecule has 3 aromatic rings. The van der Waals surface area contributed by atoms with Crippen LogP contribution in [0.1, 0.15) is 4.88 Å². The number of halogens is 2. The van der Waals surface area contributed by atoms with Crippen molar-refractivity contribution in [3.63, 3.8) is 0 Å². The van der Waals surface area contributed by atoms with Crippen molar-refractivity contribution >= 4 is 43.4 Å². The van der Waals surface area contributed by atoms with E-state index in [1.807, 2.05) is 13.0 Å². The molecular weight excluding hydrogens is 345 g/mol. The first-order valence-electron chi connectivity index (χ1n) is 5.69. The molecule has 0 unspecified atom stereocenters. The van der Waals surface area contributed by atoms with Gasteiger partial charge in [0.05, 0.1) is 9.86 Å². The van der Waals surface area contributed by atoms with E-state index in [1.165, 1.54) is 17.4 Å². The van der Waals surface area contributed by atoms with Crippen molar-refractivity contribution < 1.29 is 9.13 Å². The summed E-state index contributed by atoms with van der Waals surface area (Å²) in [6.45, 7) is 1.96. The van der Waals surface area contributed by atoms with Crippen molar-refractivity contribution in [1.29, 1.82) is 0 Å². The van der Waals surface area contributed by atoms with Gasteiger partial charge in [0.2, 0.25) is 11.8 Å². The number of aryl methyl sites for hydroxylation is 1. The molecule has 0 radical (unpaired) electrons. The maximum Gasteiger partial charge on any atom is 0.232 e. The van der Waals surface area contributed by atoms with E-state index in [0.717, 1.165) is 15.1 Å². The predicted molar refractivity (Wildman–Crippen MR) is 80.7 cm³/mol. The minimum Gasteiger partial charge on any atom is -0.438 e. The second-order valence-corrected chi connectivity index (χ2v) is 6.23. The molecule has 102 valence electrons. The lowest BCUT2D eigenvalue weighted by Gasteiger charge is -2.07. The number of anilines is 1. The van der Waals surface area contributed by atoms with Crippen LogP contribution in [0.5, 0.6) is 11.6 Å². The van der Waals surface area contributed by atoms with E-state index >= 15 is 0 Å². The topological polar surface area (TPSA) is 61.0 Å². The molecular formula is C13H9BrFN3OS. The number of nitrogens with zero attached hydrogens (tertiary/aromatic N) is 2. The smallest absolute Gasteiger partial charge is 0.232 e. The van der Waals surface area contributed by atoms with E-state index in [1.54, 1.807) is 12.1 Å². The zero-order chi connectivity index (χ0) is 14.3. The summed E-state index contributed by atoms with van der Waals surface area (Å²) in [5.74, 6) is 0.418. The van der Waals surface area contributed by atoms with Crippen molar-refractivity contribution in [2.24, 2.45) is 0 Å². The minimum atomic E-state index is -0.401. The summed E-state index contributed by atoms with van der Waals surface area (Å²) in [4.78, 5) is 10.1. The van der Waals surface area contributed by atoms with Gasteiger partial charge in [0, 0.05) is 10.9 Å². The van der Waals surface area contributed by atoms with Crippen molar-refractivity contribution in [3.05, 3.63) is 39.4 Å². The van der Waals surface area contributed by atoms with E-state index < -0.39 is 5.82 Å². The molecule has 2 N–H and O–H groups in total. The highest BCUT2D eigenvalue weighted by molar-refractivity contribution is 9.10. The fourth-order valence-electron chi connectivity index (χ4n) is 1.76. The average Bonchev–Trinajstić information content (AvgIpc) is 2.74. The molecule has 1 aromatic carbocycles. The average molecular weight is 354 g/mol. The van der Waals surface area contributed by atoms with Crippen LogP contribution < -0.4 is 10.5 Å². The lowest BCUT2D eigenvalue weighted by Crippen LogP contribution is -1.97. The molecule has 0 saturated carbocycles. The van der Waals surface area contributed by atoms with E-state index in [4.69, 9.17) is 10.5 Å². The Hall–Kier alpha value is -1.73. The summed E-state index contributed by atoms with van der Waals surface area (Å²) >= 11 is 4.60. The highest BCUT2D eigenvalue weighted by Crippen LogP contribution is 2.33. The number of nitrogens with two attached hydrogens (primary N) is 1. The SMILES string of the molecule is Cc1cc2c(Oc3ccc(Br)c(F)c3)nc(N)nc2s1. The molecule has 4 nitrogen and oxygen atoms in total. The van der Waals surface area contributed by atoms with Gasteiger partial charge in [0.25, 0.3) is 0 Å². The second-order valence-electron chi connectivity index (χ2n) is 4.14. The van der Waals surface area contributed by atoms with Crippen LogP contribution in [-0.4, -0.2) is 9.97 Å². The molecule has 0 bridgehead atoms. The van der Waals surface area contributed by atoms with Crippen LogP contribution in [0.15, 0.2) is 28.7 Å². The van der Waals surface area contributed by atoms with Gasteiger partial charge in [-0.2, -0.15) is 4.98 Å². The highest BCUT2D eigenvalue weighted by atomic mass is 79.9. The van der Waals surface area contributed by atoms with Gasteiger partial charge in [-0.25, -0.2) is 9.37 Å². The standard InChI is InChI=1S/C13H9BrFN3OS/c1-6-4-8-11(17-13(16)18-12(8)20-6)19-7-2-3-9(14)10(15)5-7/h2-5H,1H3,(H2,16,17,18). The Kier molecular flexibility index (Phi) is 3.31. The Balaban J connectivity index is 2.07. The van der Waals surface area contributed by atoms with E-state index in [0.29, 0.717) is 16.1 Å². The Morgan fingerprint density at radius 3 is 2.85 bits per heavy atom. The monoisotopic (exact) mass is 353 g/mol. The Morgan fingerprint density at radius 1 is 1.30 bits per heavy atom. The van der Waals surface area contributed by atoms with Gasteiger partial charge in [-0.1, -0.05) is 0 Å². The van der Waals surface area contributed by atoms with Crippen molar-refractivity contribution in [2.45, 2.75) is 6.92 Å². The van der Waals surface area contributed by atoms with Gasteiger partial charge in [-0.3, -0.25) is 0 Å². The molecule has 3 rings (SSSR count). The second kappa shape index (κ2) is 4.99. The molecule has 0 atom stereocenters. The van der Waals surface area contributed by atoms with Gasteiger partial charge in [-0.15, -0.1) is 11.3 Å². The van der Waals surface area contributed by atoms with Crippen LogP contribution in [0.2, 0.25) is 0 Å². The largest absolute Gasteiger partial charge is 0.438 e. The summed E-state index contributed by atoms with van der Waals surface area (Å²) in [7, 11) is 0. The third-order valence-corrected chi connectivity index (χ3v) is 4.19. The zero-order valence-corrected chi connectivity index (χ0v) is 12.8. The minimum absolute atomic E-state index is 0.131. The van der Waals surface area contributed by atoms with Crippen LogP contribution in [0.4, 0.5) is 10.3 Å². The van der Waals surface area contributed by atoms with Crippen LogP contribution in [0, 0.1) is 12.7 Å². The summed E-state index contributed by atoms with van der Waals surface area (Å²) in [6, 6.07) is 6.43. The van der Waals surface area contributed by atoms with Crippen molar-refractivity contribution in [3.8, 4) is 11.6 Å². The number of hydrogen-bond donors (Lipinski definition) is 1. The third-order valence-electron chi connectivity index (χ3n) is 2.60. The molecule has 7 heteroatoms. The molecule has 0 aliphatic rings. The molecule has 2 heterocycles. The van der Waals surface area contributed by atoms with Crippen LogP contribution in [0.25, 0.3) is 10.2 Å². The molecule has 0 amide bonds. The Labute approximate surface area is 126 Å². The summed E-state index contributed by atoms with van der Waals surface area (Å²) in [5.41, 5.74) is 5.66. The van der Waals surface area contributed by atoms with Gasteiger partial charge >= 0.3 is 0 Å². The molecule has 0 aliphatic carbocycles. The first kappa shape index (κ1) is 13.3. The molecule has 0 saturated heterocycles. The Bertz CT molecular complexity index is 806. The predicted octanol–water partition coefficient (Wildman–Crippen LogP) is 4.28. The normalized spacial score (nSPS) is 10.9. The van der Waals surface area contributed by atoms with Crippen LogP contribution in [-0.2, 0) is 0 Å². The van der Waals surface area contributed by atoms with Crippen LogP contribution in [0.3, 0.4) is 0 Å². The number of hydrogen-bond acceptors (Lipinski definition) is 5. The number of rotatable bonds is 2. The zero-order valence-electron chi connectivity index (χ0n) is 10.4. The van der Waals surface area contributed by atoms with Crippen molar-refractivity contribution in [2.75, 3.05) is 5.73 Å². The van der Waals surface area contributed by atoms with Crippen molar-refractivity contribution in [1.82, 2.24) is 9.97 Å². The van der Waals surface area contributed by atoms with Gasteiger partial charge in [0.1, 0.15) is 16.4 Å². The lowest BCUT2D eigenvalue weighted by molar-refractivity contribution is 0.463. The number of benzene rings is 1. The highest BCUT2D eigenvalue weighted by Gasteiger charge is 2.12. The molecule has 0 aliphatic heterocycles. The summed E-state index contributed by atoms with van der Waals surface area (Å²) in [6.07, 6.45) is 0. The summed E-state index contributed by atoms with van der Waals surface area (Å²) < 4.78 is 19.5. The number of nitrogen functional groups attached to an aromatic ring is 1. The lowest BCUT2D eigenvalue weighted by atomic mass is 10.3. The van der Waals surface area contributed by atoms with Crippen LogP contribution >= 0.6 is 27.3 Å². The van der Waals surface area contributed by atoms with E-state index in [9.17, 15) is 4.39 Å². The van der Waals surface area contributed by atoms with Gasteiger partial charge in [0.15, 0.2) is 0 Å². The number of thiophene rings is 1.